The summed E-state index contributed by atoms with van der Waals surface area (Å²) in [5.74, 6) is 1.79. The van der Waals surface area contributed by atoms with Crippen LogP contribution in [0.4, 0.5) is 0 Å². The second-order valence-electron chi connectivity index (χ2n) is 13.3. The van der Waals surface area contributed by atoms with Crippen LogP contribution >= 0.6 is 0 Å². The van der Waals surface area contributed by atoms with E-state index in [9.17, 15) is 0 Å². The summed E-state index contributed by atoms with van der Waals surface area (Å²) >= 11 is 0. The van der Waals surface area contributed by atoms with Crippen molar-refractivity contribution in [2.24, 2.45) is 0 Å². The molecule has 6 aromatic carbocycles. The summed E-state index contributed by atoms with van der Waals surface area (Å²) in [6, 6.07) is 59.8. The molecule has 2 radical (unpaired) electrons. The Morgan fingerprint density at radius 2 is 1.00 bits per heavy atom. The lowest BCUT2D eigenvalue weighted by Crippen LogP contribution is -2.51. The highest BCUT2D eigenvalue weighted by Crippen LogP contribution is 2.36. The van der Waals surface area contributed by atoms with Crippen molar-refractivity contribution >= 4 is 37.8 Å². The van der Waals surface area contributed by atoms with Gasteiger partial charge in [-0.1, -0.05) is 194 Å². The third kappa shape index (κ3) is 9.88. The molecule has 0 unspecified atom stereocenters. The van der Waals surface area contributed by atoms with Crippen molar-refractivity contribution in [3.8, 4) is 11.5 Å². The Morgan fingerprint density at radius 3 is 1.41 bits per heavy atom. The Hall–Kier alpha value is -5.59. The van der Waals surface area contributed by atoms with Gasteiger partial charge < -0.3 is 14.0 Å². The number of imidazole rings is 1. The molecule has 54 heavy (non-hydrogen) atoms. The lowest BCUT2D eigenvalue weighted by molar-refractivity contribution is 0.308. The van der Waals surface area contributed by atoms with E-state index in [1.165, 1.54) is 21.6 Å². The first-order valence-electron chi connectivity index (χ1n) is 19.1. The second kappa shape index (κ2) is 20.0. The van der Waals surface area contributed by atoms with Crippen molar-refractivity contribution in [2.45, 2.75) is 44.7 Å². The summed E-state index contributed by atoms with van der Waals surface area (Å²) in [5, 5.41) is 0.780. The second-order valence-corrected chi connectivity index (χ2v) is 14.8. The molecule has 0 aliphatic heterocycles. The number of ether oxygens (including phenoxy) is 2. The van der Waals surface area contributed by atoms with Crippen LogP contribution in [0.25, 0.3) is 0 Å². The largest absolute Gasteiger partial charge is 0.494 e. The number of aromatic nitrogens is 2. The molecule has 0 saturated carbocycles. The molecule has 0 amide bonds. The summed E-state index contributed by atoms with van der Waals surface area (Å²) in [4.78, 5) is 4.45. The first-order valence-corrected chi connectivity index (χ1v) is 20.1. The normalized spacial score (nSPS) is 10.9. The Morgan fingerprint density at radius 1 is 0.556 bits per heavy atom. The van der Waals surface area contributed by atoms with Crippen molar-refractivity contribution in [3.05, 3.63) is 200 Å². The fraction of sp³-hybridized carbons (Fsp3) is 0.188. The molecule has 0 spiro atoms. The van der Waals surface area contributed by atoms with E-state index in [1.807, 2.05) is 24.7 Å². The maximum absolute atomic E-state index is 6.13. The third-order valence-electron chi connectivity index (χ3n) is 9.43. The van der Waals surface area contributed by atoms with Gasteiger partial charge in [-0.3, -0.25) is 0 Å². The van der Waals surface area contributed by atoms with E-state index in [2.05, 4.69) is 187 Å². The third-order valence-corrected chi connectivity index (χ3v) is 11.2. The molecular formula is C48H49BN2O2Si. The number of hydrogen-bond donors (Lipinski definition) is 0. The standard InChI is InChI=1S/C30H34N2O2Si.C18H15B/c1-3-5-20-33-27-14-10-12-25(22-27)30(32-19-18-31-24-32,35-29-16-8-7-9-17-29)26-13-11-15-28(23-26)34-21-6-4-2;1-4-10-16(11-5-1)19(17-12-6-2-7-13-17)18-14-8-3-9-15-18/h7-19,22-24H,3-6,20-21H2,1-2H3;1-15H. The smallest absolute Gasteiger partial charge is 0.241 e. The number of benzene rings is 6. The highest BCUT2D eigenvalue weighted by atomic mass is 28.2. The SMILES string of the molecule is CCCCOc1cccc(C([Si]c2ccccc2)(c2cccc(OCCCC)c2)n2ccnc2)c1.c1ccc(B(c2ccccc2)c2ccccc2)cc1. The van der Waals surface area contributed by atoms with Crippen LogP contribution < -0.4 is 31.0 Å². The van der Waals surface area contributed by atoms with Crippen LogP contribution in [0.1, 0.15) is 50.7 Å². The fourth-order valence-electron chi connectivity index (χ4n) is 6.67. The Kier molecular flexibility index (Phi) is 14.1. The zero-order valence-corrected chi connectivity index (χ0v) is 32.4. The Bertz CT molecular complexity index is 1930. The van der Waals surface area contributed by atoms with Crippen molar-refractivity contribution in [3.63, 3.8) is 0 Å². The first-order chi connectivity index (χ1) is 26.7. The van der Waals surface area contributed by atoms with E-state index >= 15 is 0 Å². The minimum atomic E-state index is -0.494. The quantitative estimate of drug-likeness (QED) is 0.0745. The van der Waals surface area contributed by atoms with Crippen LogP contribution in [-0.2, 0) is 5.16 Å². The van der Waals surface area contributed by atoms with Crippen molar-refractivity contribution in [2.75, 3.05) is 13.2 Å². The van der Waals surface area contributed by atoms with Crippen LogP contribution in [0, 0.1) is 0 Å². The zero-order chi connectivity index (χ0) is 37.3. The average Bonchev–Trinajstić information content (AvgIpc) is 3.78. The van der Waals surface area contributed by atoms with Crippen LogP contribution in [0.3, 0.4) is 0 Å². The van der Waals surface area contributed by atoms with Gasteiger partial charge >= 0.3 is 0 Å². The molecule has 6 heteroatoms. The fourth-order valence-corrected chi connectivity index (χ4v) is 8.30. The van der Waals surface area contributed by atoms with Gasteiger partial charge in [0, 0.05) is 12.4 Å². The molecule has 0 aliphatic rings. The molecule has 0 N–H and O–H groups in total. The summed E-state index contributed by atoms with van der Waals surface area (Å²) in [6.45, 7) is 6.11. The number of hydrogen-bond acceptors (Lipinski definition) is 3. The van der Waals surface area contributed by atoms with Crippen LogP contribution in [-0.4, -0.2) is 39.0 Å². The van der Waals surface area contributed by atoms with Crippen LogP contribution in [0.2, 0.25) is 0 Å². The molecule has 1 heterocycles. The van der Waals surface area contributed by atoms with Gasteiger partial charge in [0.15, 0.2) is 0 Å². The molecule has 4 nitrogen and oxygen atoms in total. The van der Waals surface area contributed by atoms with Gasteiger partial charge in [0.25, 0.3) is 0 Å². The molecule has 1 aromatic heterocycles. The molecular weight excluding hydrogens is 675 g/mol. The molecule has 0 atom stereocenters. The molecule has 0 aliphatic carbocycles. The molecule has 0 saturated heterocycles. The van der Waals surface area contributed by atoms with E-state index in [1.54, 1.807) is 0 Å². The van der Waals surface area contributed by atoms with Crippen LogP contribution in [0.5, 0.6) is 11.5 Å². The molecule has 0 bridgehead atoms. The minimum Gasteiger partial charge on any atom is -0.494 e. The monoisotopic (exact) mass is 724 g/mol. The predicted molar refractivity (Wildman–Crippen MR) is 228 cm³/mol. The van der Waals surface area contributed by atoms with Gasteiger partial charge in [-0.25, -0.2) is 4.98 Å². The van der Waals surface area contributed by atoms with Gasteiger partial charge in [0.05, 0.1) is 24.7 Å². The maximum Gasteiger partial charge on any atom is 0.241 e. The lowest BCUT2D eigenvalue weighted by Gasteiger charge is -2.37. The van der Waals surface area contributed by atoms with E-state index < -0.39 is 5.16 Å². The van der Waals surface area contributed by atoms with Crippen molar-refractivity contribution < 1.29 is 9.47 Å². The Labute approximate surface area is 324 Å². The van der Waals surface area contributed by atoms with E-state index in [0.29, 0.717) is 16.2 Å². The summed E-state index contributed by atoms with van der Waals surface area (Å²) in [7, 11) is 0.425. The van der Waals surface area contributed by atoms with Gasteiger partial charge in [0.2, 0.25) is 6.71 Å². The summed E-state index contributed by atoms with van der Waals surface area (Å²) in [5.41, 5.74) is 6.33. The first kappa shape index (κ1) is 38.1. The Balaban J connectivity index is 0.000000219. The van der Waals surface area contributed by atoms with Crippen LogP contribution in [0.15, 0.2) is 189 Å². The molecule has 0 fully saturated rings. The predicted octanol–water partition coefficient (Wildman–Crippen LogP) is 8.22. The minimum absolute atomic E-state index is 0.309. The number of unbranched alkanes of at least 4 members (excludes halogenated alkanes) is 2. The number of rotatable bonds is 16. The van der Waals surface area contributed by atoms with Crippen molar-refractivity contribution in [1.82, 2.24) is 9.55 Å². The van der Waals surface area contributed by atoms with Crippen molar-refractivity contribution in [1.29, 1.82) is 0 Å². The summed E-state index contributed by atoms with van der Waals surface area (Å²) < 4.78 is 14.5. The molecule has 7 aromatic rings. The number of nitrogens with zero attached hydrogens (tertiary/aromatic N) is 2. The van der Waals surface area contributed by atoms with E-state index in [4.69, 9.17) is 9.47 Å². The van der Waals surface area contributed by atoms with E-state index in [-0.39, 0.29) is 0 Å². The maximum atomic E-state index is 6.13. The highest BCUT2D eigenvalue weighted by Gasteiger charge is 2.38. The zero-order valence-electron chi connectivity index (χ0n) is 31.4. The highest BCUT2D eigenvalue weighted by molar-refractivity contribution is 6.95. The lowest BCUT2D eigenvalue weighted by atomic mass is 9.37. The summed E-state index contributed by atoms with van der Waals surface area (Å²) in [6.07, 6.45) is 10.1. The topological polar surface area (TPSA) is 36.3 Å². The van der Waals surface area contributed by atoms with Gasteiger partial charge in [-0.05, 0) is 48.2 Å². The van der Waals surface area contributed by atoms with Gasteiger partial charge in [-0.2, -0.15) is 0 Å². The molecule has 270 valence electrons. The van der Waals surface area contributed by atoms with Gasteiger partial charge in [-0.15, -0.1) is 0 Å². The average molecular weight is 725 g/mol. The molecule has 7 rings (SSSR count). The van der Waals surface area contributed by atoms with Gasteiger partial charge in [0.1, 0.15) is 21.0 Å². The van der Waals surface area contributed by atoms with E-state index in [0.717, 1.165) is 61.5 Å².